The number of benzene rings is 2. The number of fused-ring (bicyclic) bond motifs is 3. The van der Waals surface area contributed by atoms with Crippen LogP contribution in [0.15, 0.2) is 48.5 Å². The summed E-state index contributed by atoms with van der Waals surface area (Å²) in [6, 6.07) is 15.2. The molecule has 46 heavy (non-hydrogen) atoms. The number of aliphatic hydroxyl groups excluding tert-OH is 2. The molecule has 1 aliphatic carbocycles. The second kappa shape index (κ2) is 18.3. The van der Waals surface area contributed by atoms with Crippen molar-refractivity contribution in [3.05, 3.63) is 65.2 Å². The molecule has 0 spiro atoms. The predicted octanol–water partition coefficient (Wildman–Crippen LogP) is 2.95. The van der Waals surface area contributed by atoms with Gasteiger partial charge in [0, 0.05) is 30.9 Å². The van der Waals surface area contributed by atoms with Crippen molar-refractivity contribution in [3.8, 4) is 5.75 Å². The largest absolute Gasteiger partial charge is 1.00 e. The Hall–Kier alpha value is -1.52. The minimum absolute atomic E-state index is 0. The molecule has 3 heterocycles. The number of unbranched alkanes of at least 4 members (excludes halogenated alkanes) is 6. The second-order valence-electron chi connectivity index (χ2n) is 14.4. The van der Waals surface area contributed by atoms with Crippen LogP contribution in [0, 0.1) is 11.8 Å². The van der Waals surface area contributed by atoms with Gasteiger partial charge >= 0.3 is 0 Å². The lowest BCUT2D eigenvalue weighted by atomic mass is 9.80. The van der Waals surface area contributed by atoms with Gasteiger partial charge in [0.2, 0.25) is 0 Å². The zero-order valence-electron chi connectivity index (χ0n) is 27.8. The maximum Gasteiger partial charge on any atom is 0.121 e. The average Bonchev–Trinajstić information content (AvgIpc) is 3.63. The molecule has 3 saturated heterocycles. The molecule has 3 atom stereocenters. The molecule has 0 radical (unpaired) electrons. The lowest BCUT2D eigenvalue weighted by Crippen LogP contribution is -3.00. The lowest BCUT2D eigenvalue weighted by molar-refractivity contribution is -0.946. The van der Waals surface area contributed by atoms with Crippen LogP contribution in [0.3, 0.4) is 0 Å². The molecule has 0 amide bonds. The minimum atomic E-state index is -0.870. The maximum absolute atomic E-state index is 12.0. The summed E-state index contributed by atoms with van der Waals surface area (Å²) in [5.74, 6) is 1.01. The first-order chi connectivity index (χ1) is 21.9. The van der Waals surface area contributed by atoms with Crippen molar-refractivity contribution in [2.75, 3.05) is 45.9 Å². The van der Waals surface area contributed by atoms with Gasteiger partial charge < -0.3 is 51.9 Å². The highest BCUT2D eigenvalue weighted by atomic mass is 79.9. The van der Waals surface area contributed by atoms with Gasteiger partial charge in [0.15, 0.2) is 0 Å². The maximum atomic E-state index is 12.0. The summed E-state index contributed by atoms with van der Waals surface area (Å²) in [6.45, 7) is 6.54. The minimum Gasteiger partial charge on any atom is -1.00 e. The van der Waals surface area contributed by atoms with Gasteiger partial charge in [0.05, 0.1) is 39.0 Å². The number of hydrogen-bond acceptors (Lipinski definition) is 6. The van der Waals surface area contributed by atoms with E-state index in [-0.39, 0.29) is 35.4 Å². The van der Waals surface area contributed by atoms with Crippen molar-refractivity contribution in [1.29, 1.82) is 0 Å². The van der Waals surface area contributed by atoms with E-state index in [1.807, 2.05) is 18.2 Å². The van der Waals surface area contributed by atoms with Crippen LogP contribution in [0.4, 0.5) is 0 Å². The van der Waals surface area contributed by atoms with Gasteiger partial charge in [0.25, 0.3) is 0 Å². The van der Waals surface area contributed by atoms with Crippen molar-refractivity contribution in [3.63, 3.8) is 0 Å². The Morgan fingerprint density at radius 3 is 2.26 bits per heavy atom. The molecule has 7 nitrogen and oxygen atoms in total. The molecule has 0 unspecified atom stereocenters. The van der Waals surface area contributed by atoms with Gasteiger partial charge in [-0.25, -0.2) is 0 Å². The van der Waals surface area contributed by atoms with Gasteiger partial charge in [0.1, 0.15) is 24.0 Å². The molecule has 258 valence electrons. The summed E-state index contributed by atoms with van der Waals surface area (Å²) >= 11 is 0. The quantitative estimate of drug-likeness (QED) is 0.114. The van der Waals surface area contributed by atoms with Crippen LogP contribution >= 0.6 is 0 Å². The highest BCUT2D eigenvalue weighted by Gasteiger charge is 2.48. The molecular formula is C38H59BrN2O5. The van der Waals surface area contributed by atoms with Crippen LogP contribution in [-0.4, -0.2) is 76.9 Å². The van der Waals surface area contributed by atoms with Crippen molar-refractivity contribution in [2.24, 2.45) is 11.8 Å². The fraction of sp³-hybridized carbons (Fsp3) is 0.684. The van der Waals surface area contributed by atoms with E-state index in [2.05, 4.69) is 17.4 Å². The van der Waals surface area contributed by atoms with Crippen LogP contribution in [-0.2, 0) is 16.9 Å². The number of rotatable bonds is 19. The van der Waals surface area contributed by atoms with E-state index in [0.29, 0.717) is 36.1 Å². The molecule has 0 aromatic heterocycles. The molecule has 4 aliphatic rings. The summed E-state index contributed by atoms with van der Waals surface area (Å²) in [5.41, 5.74) is 1.31. The number of nitrogens with one attached hydrogen (secondary N) is 1. The average molecular weight is 704 g/mol. The molecule has 8 heteroatoms. The molecule has 3 aliphatic heterocycles. The van der Waals surface area contributed by atoms with Gasteiger partial charge in [-0.05, 0) is 67.8 Å². The fourth-order valence-electron chi connectivity index (χ4n) is 8.40. The number of quaternary nitrogens is 1. The Balaban J connectivity index is 0.00000480. The molecule has 6 rings (SSSR count). The van der Waals surface area contributed by atoms with Gasteiger partial charge in [-0.15, -0.1) is 0 Å². The number of aromatic hydroxyl groups is 1. The lowest BCUT2D eigenvalue weighted by Gasteiger charge is -2.53. The number of phenols is 1. The standard InChI is InChI=1S/C38H58N2O5.BrH/c41-28-32-25-31(17-18-35(32)42)36(43)26-39-21-11-4-2-1-3-5-12-22-40-23-19-30(20-24-40)37(27-40)45-29-38(44,34-15-9-10-16-34)33-13-7-6-8-14-33;/h6-8,13-14,17-18,25,30,34,36-37,39,41,43-44H,1-5,9-12,15-16,19-24,26-29H2;1H/t30?,36-,37-,38+,40?;/m0./s1. The summed E-state index contributed by atoms with van der Waals surface area (Å²) in [7, 11) is 0. The highest BCUT2D eigenvalue weighted by Crippen LogP contribution is 2.42. The zero-order chi connectivity index (χ0) is 31.5. The van der Waals surface area contributed by atoms with E-state index < -0.39 is 11.7 Å². The molecule has 2 aromatic carbocycles. The van der Waals surface area contributed by atoms with Gasteiger partial charge in [-0.2, -0.15) is 0 Å². The number of nitrogens with zero attached hydrogens (tertiary/aromatic N) is 1. The normalized spacial score (nSPS) is 24.8. The van der Waals surface area contributed by atoms with Crippen molar-refractivity contribution in [1.82, 2.24) is 5.32 Å². The summed E-state index contributed by atoms with van der Waals surface area (Å²) in [4.78, 5) is 0. The molecule has 5 N–H and O–H groups in total. The van der Waals surface area contributed by atoms with Crippen LogP contribution in [0.25, 0.3) is 0 Å². The summed E-state index contributed by atoms with van der Waals surface area (Å²) < 4.78 is 7.94. The van der Waals surface area contributed by atoms with Crippen molar-refractivity contribution < 1.29 is 46.6 Å². The molecule has 4 fully saturated rings. The Morgan fingerprint density at radius 1 is 0.891 bits per heavy atom. The number of piperidine rings is 3. The number of halogens is 1. The first kappa shape index (κ1) is 37.3. The third kappa shape index (κ3) is 9.77. The monoisotopic (exact) mass is 702 g/mol. The van der Waals surface area contributed by atoms with Crippen LogP contribution in [0.2, 0.25) is 0 Å². The first-order valence-electron chi connectivity index (χ1n) is 18.0. The van der Waals surface area contributed by atoms with Gasteiger partial charge in [-0.3, -0.25) is 0 Å². The molecule has 2 bridgehead atoms. The highest BCUT2D eigenvalue weighted by molar-refractivity contribution is 5.36. The Labute approximate surface area is 287 Å². The Bertz CT molecular complexity index is 1160. The third-order valence-electron chi connectivity index (χ3n) is 11.3. The van der Waals surface area contributed by atoms with E-state index in [4.69, 9.17) is 4.74 Å². The van der Waals surface area contributed by atoms with Crippen LogP contribution in [0.1, 0.15) is 106 Å². The van der Waals surface area contributed by atoms with Crippen molar-refractivity contribution in [2.45, 2.75) is 108 Å². The Kier molecular flexibility index (Phi) is 14.8. The topological polar surface area (TPSA) is 102 Å². The van der Waals surface area contributed by atoms with E-state index >= 15 is 0 Å². The molecule has 2 aromatic rings. The second-order valence-corrected chi connectivity index (χ2v) is 14.4. The summed E-state index contributed by atoms with van der Waals surface area (Å²) in [5, 5.41) is 44.7. The smallest absolute Gasteiger partial charge is 0.121 e. The van der Waals surface area contributed by atoms with Crippen molar-refractivity contribution >= 4 is 0 Å². The number of aliphatic hydroxyl groups is 3. The first-order valence-corrected chi connectivity index (χ1v) is 18.0. The summed E-state index contributed by atoms with van der Waals surface area (Å²) in [6.07, 6.45) is 15.5. The third-order valence-corrected chi connectivity index (χ3v) is 11.3. The fourth-order valence-corrected chi connectivity index (χ4v) is 8.40. The molecular weight excluding hydrogens is 644 g/mol. The van der Waals surface area contributed by atoms with E-state index in [1.54, 1.807) is 12.1 Å². The van der Waals surface area contributed by atoms with E-state index in [0.717, 1.165) is 37.9 Å². The SMILES string of the molecule is OCc1cc([C@@H](O)CNCCCCCCCCC[N+]23CCC(CC2)[C@@H](OC[C@@](O)(c2ccccc2)C2CCCC2)C3)ccc1O.[Br-]. The number of hydrogen-bond donors (Lipinski definition) is 5. The van der Waals surface area contributed by atoms with E-state index in [1.165, 1.54) is 94.4 Å². The van der Waals surface area contributed by atoms with Gasteiger partial charge in [-0.1, -0.05) is 74.9 Å². The molecule has 1 saturated carbocycles. The van der Waals surface area contributed by atoms with Crippen LogP contribution in [0.5, 0.6) is 5.75 Å². The number of ether oxygens (including phenoxy) is 1. The zero-order valence-corrected chi connectivity index (χ0v) is 29.4. The van der Waals surface area contributed by atoms with E-state index in [9.17, 15) is 20.4 Å². The predicted molar refractivity (Wildman–Crippen MR) is 179 cm³/mol. The Morgan fingerprint density at radius 2 is 1.57 bits per heavy atom. The van der Waals surface area contributed by atoms with Crippen LogP contribution < -0.4 is 22.3 Å².